The van der Waals surface area contributed by atoms with E-state index >= 15 is 0 Å². The quantitative estimate of drug-likeness (QED) is 0.330. The molecule has 0 aliphatic carbocycles. The Morgan fingerprint density at radius 2 is 2.16 bits per heavy atom. The van der Waals surface area contributed by atoms with Crippen LogP contribution in [0.1, 0.15) is 5.56 Å². The van der Waals surface area contributed by atoms with Crippen LogP contribution in [0.2, 0.25) is 0 Å². The summed E-state index contributed by atoms with van der Waals surface area (Å²) in [5.74, 6) is -0.356. The summed E-state index contributed by atoms with van der Waals surface area (Å²) in [6.07, 6.45) is 1.50. The number of nitrogens with zero attached hydrogens (tertiary/aromatic N) is 1. The number of thiocarbonyl (C=S) groups is 1. The zero-order valence-corrected chi connectivity index (χ0v) is 10.7. The van der Waals surface area contributed by atoms with Crippen molar-refractivity contribution in [3.05, 3.63) is 39.6 Å². The Labute approximate surface area is 113 Å². The second-order valence-corrected chi connectivity index (χ2v) is 4.16. The van der Waals surface area contributed by atoms with Crippen molar-refractivity contribution >= 4 is 40.7 Å². The third kappa shape index (κ3) is 2.68. The molecule has 8 heteroatoms. The maximum Gasteiger partial charge on any atom is 0.292 e. The van der Waals surface area contributed by atoms with E-state index in [1.54, 1.807) is 19.2 Å². The minimum atomic E-state index is -0.485. The van der Waals surface area contributed by atoms with Crippen molar-refractivity contribution in [1.29, 1.82) is 0 Å². The summed E-state index contributed by atoms with van der Waals surface area (Å²) in [6, 6.07) is 4.63. The molecule has 0 bridgehead atoms. The molecule has 0 saturated carbocycles. The SMILES string of the molecule is CNc1ccc(C=C2NC(=S)NC2=O)cc1[N+](=O)[O-]. The largest absolute Gasteiger partial charge is 0.383 e. The number of amides is 1. The van der Waals surface area contributed by atoms with Crippen LogP contribution in [0.15, 0.2) is 23.9 Å². The number of hydrogen-bond donors (Lipinski definition) is 3. The molecule has 3 N–H and O–H groups in total. The number of nitro groups is 1. The normalized spacial score (nSPS) is 16.2. The summed E-state index contributed by atoms with van der Waals surface area (Å²) in [6.45, 7) is 0. The number of nitro benzene ring substituents is 1. The van der Waals surface area contributed by atoms with E-state index in [9.17, 15) is 14.9 Å². The van der Waals surface area contributed by atoms with Gasteiger partial charge >= 0.3 is 0 Å². The topological polar surface area (TPSA) is 96.3 Å². The summed E-state index contributed by atoms with van der Waals surface area (Å²) in [5.41, 5.74) is 1.15. The van der Waals surface area contributed by atoms with Gasteiger partial charge in [-0.05, 0) is 29.9 Å². The Hall–Kier alpha value is -2.48. The summed E-state index contributed by atoms with van der Waals surface area (Å²) in [5, 5.41) is 19.0. The van der Waals surface area contributed by atoms with Gasteiger partial charge < -0.3 is 10.6 Å². The molecule has 0 radical (unpaired) electrons. The lowest BCUT2D eigenvalue weighted by molar-refractivity contribution is -0.383. The zero-order chi connectivity index (χ0) is 14.0. The zero-order valence-electron chi connectivity index (χ0n) is 9.89. The van der Waals surface area contributed by atoms with Crippen molar-refractivity contribution < 1.29 is 9.72 Å². The monoisotopic (exact) mass is 278 g/mol. The van der Waals surface area contributed by atoms with Gasteiger partial charge in [0, 0.05) is 13.1 Å². The highest BCUT2D eigenvalue weighted by molar-refractivity contribution is 7.80. The molecule has 19 heavy (non-hydrogen) atoms. The van der Waals surface area contributed by atoms with E-state index in [-0.39, 0.29) is 22.4 Å². The van der Waals surface area contributed by atoms with Gasteiger partial charge in [0.05, 0.1) is 4.92 Å². The predicted octanol–water partition coefficient (Wildman–Crippen LogP) is 0.982. The number of hydrogen-bond acceptors (Lipinski definition) is 5. The van der Waals surface area contributed by atoms with Crippen LogP contribution in [0.25, 0.3) is 6.08 Å². The maximum absolute atomic E-state index is 11.5. The second kappa shape index (κ2) is 5.02. The van der Waals surface area contributed by atoms with Gasteiger partial charge in [-0.15, -0.1) is 0 Å². The number of nitrogens with one attached hydrogen (secondary N) is 3. The smallest absolute Gasteiger partial charge is 0.292 e. The highest BCUT2D eigenvalue weighted by Gasteiger charge is 2.20. The highest BCUT2D eigenvalue weighted by atomic mass is 32.1. The lowest BCUT2D eigenvalue weighted by atomic mass is 10.1. The molecule has 1 saturated heterocycles. The first-order chi connectivity index (χ1) is 9.01. The van der Waals surface area contributed by atoms with Crippen LogP contribution in [0.3, 0.4) is 0 Å². The maximum atomic E-state index is 11.5. The molecule has 98 valence electrons. The standard InChI is InChI=1S/C11H10N4O3S/c1-12-7-3-2-6(5-9(7)15(17)18)4-8-10(16)14-11(19)13-8/h2-5,12H,1H3,(H2,13,14,16,19). The van der Waals surface area contributed by atoms with Gasteiger partial charge in [-0.1, -0.05) is 6.07 Å². The van der Waals surface area contributed by atoms with E-state index < -0.39 is 4.92 Å². The van der Waals surface area contributed by atoms with E-state index in [0.29, 0.717) is 11.3 Å². The van der Waals surface area contributed by atoms with Crippen LogP contribution in [0.5, 0.6) is 0 Å². The van der Waals surface area contributed by atoms with Gasteiger partial charge in [0.25, 0.3) is 11.6 Å². The van der Waals surface area contributed by atoms with E-state index in [1.807, 2.05) is 0 Å². The molecule has 1 aromatic carbocycles. The molecular weight excluding hydrogens is 268 g/mol. The third-order valence-corrected chi connectivity index (χ3v) is 2.72. The number of anilines is 1. The first-order valence-electron chi connectivity index (χ1n) is 5.31. The molecule has 2 rings (SSSR count). The minimum absolute atomic E-state index is 0.0576. The van der Waals surface area contributed by atoms with E-state index in [1.165, 1.54) is 12.1 Å². The molecule has 7 nitrogen and oxygen atoms in total. The van der Waals surface area contributed by atoms with Crippen LogP contribution < -0.4 is 16.0 Å². The summed E-state index contributed by atoms with van der Waals surface area (Å²) in [4.78, 5) is 21.9. The molecule has 0 unspecified atom stereocenters. The van der Waals surface area contributed by atoms with Crippen LogP contribution in [-0.4, -0.2) is 23.0 Å². The van der Waals surface area contributed by atoms with E-state index in [2.05, 4.69) is 16.0 Å². The van der Waals surface area contributed by atoms with Crippen molar-refractivity contribution in [2.45, 2.75) is 0 Å². The van der Waals surface area contributed by atoms with Gasteiger partial charge in [-0.2, -0.15) is 0 Å². The van der Waals surface area contributed by atoms with Crippen molar-refractivity contribution in [3.8, 4) is 0 Å². The molecule has 1 amide bonds. The van der Waals surface area contributed by atoms with Crippen molar-refractivity contribution in [1.82, 2.24) is 10.6 Å². The molecule has 0 aromatic heterocycles. The fourth-order valence-electron chi connectivity index (χ4n) is 1.65. The Kier molecular flexibility index (Phi) is 3.43. The van der Waals surface area contributed by atoms with E-state index in [4.69, 9.17) is 12.2 Å². The van der Waals surface area contributed by atoms with Gasteiger partial charge in [-0.3, -0.25) is 20.2 Å². The lowest BCUT2D eigenvalue weighted by Crippen LogP contribution is -2.21. The molecule has 1 aromatic rings. The van der Waals surface area contributed by atoms with Crippen LogP contribution in [-0.2, 0) is 4.79 Å². The molecular formula is C11H10N4O3S. The fourth-order valence-corrected chi connectivity index (χ4v) is 1.85. The molecule has 1 heterocycles. The first kappa shape index (κ1) is 13.0. The summed E-state index contributed by atoms with van der Waals surface area (Å²) >= 11 is 4.79. The predicted molar refractivity (Wildman–Crippen MR) is 74.5 cm³/mol. The molecule has 0 spiro atoms. The second-order valence-electron chi connectivity index (χ2n) is 3.75. The van der Waals surface area contributed by atoms with Crippen LogP contribution >= 0.6 is 12.2 Å². The van der Waals surface area contributed by atoms with Gasteiger partial charge in [0.15, 0.2) is 5.11 Å². The number of carbonyl (C=O) groups is 1. The van der Waals surface area contributed by atoms with Gasteiger partial charge in [0.2, 0.25) is 0 Å². The van der Waals surface area contributed by atoms with Crippen LogP contribution in [0.4, 0.5) is 11.4 Å². The molecule has 0 atom stereocenters. The van der Waals surface area contributed by atoms with Crippen LogP contribution in [0, 0.1) is 10.1 Å². The number of benzene rings is 1. The van der Waals surface area contributed by atoms with Crippen molar-refractivity contribution in [3.63, 3.8) is 0 Å². The van der Waals surface area contributed by atoms with Crippen molar-refractivity contribution in [2.24, 2.45) is 0 Å². The summed E-state index contributed by atoms with van der Waals surface area (Å²) < 4.78 is 0. The number of rotatable bonds is 3. The Morgan fingerprint density at radius 3 is 2.68 bits per heavy atom. The minimum Gasteiger partial charge on any atom is -0.383 e. The lowest BCUT2D eigenvalue weighted by Gasteiger charge is -2.03. The van der Waals surface area contributed by atoms with Gasteiger partial charge in [-0.25, -0.2) is 0 Å². The Morgan fingerprint density at radius 1 is 1.42 bits per heavy atom. The Balaban J connectivity index is 2.39. The molecule has 1 fully saturated rings. The average molecular weight is 278 g/mol. The Bertz CT molecular complexity index is 612. The molecule has 1 aliphatic heterocycles. The third-order valence-electron chi connectivity index (χ3n) is 2.52. The van der Waals surface area contributed by atoms with Crippen molar-refractivity contribution in [2.75, 3.05) is 12.4 Å². The first-order valence-corrected chi connectivity index (χ1v) is 5.72. The average Bonchev–Trinajstić information content (AvgIpc) is 2.67. The highest BCUT2D eigenvalue weighted by Crippen LogP contribution is 2.26. The van der Waals surface area contributed by atoms with Gasteiger partial charge in [0.1, 0.15) is 11.4 Å². The number of carbonyl (C=O) groups excluding carboxylic acids is 1. The summed E-state index contributed by atoms with van der Waals surface area (Å²) in [7, 11) is 1.60. The fraction of sp³-hybridized carbons (Fsp3) is 0.0909. The molecule has 1 aliphatic rings. The van der Waals surface area contributed by atoms with E-state index in [0.717, 1.165) is 0 Å².